The molecular formula is C30H29F3N4O3S. The number of hydrogen-bond donors (Lipinski definition) is 3. The number of aliphatic carboxylic acids is 1. The van der Waals surface area contributed by atoms with Crippen LogP contribution < -0.4 is 5.32 Å². The van der Waals surface area contributed by atoms with Gasteiger partial charge in [-0.1, -0.05) is 30.3 Å². The number of anilines is 2. The predicted octanol–water partition coefficient (Wildman–Crippen LogP) is 7.09. The number of benzene rings is 2. The molecule has 3 unspecified atom stereocenters. The topological polar surface area (TPSA) is 108 Å². The van der Waals surface area contributed by atoms with Gasteiger partial charge < -0.3 is 15.5 Å². The Morgan fingerprint density at radius 1 is 1.17 bits per heavy atom. The Morgan fingerprint density at radius 3 is 2.63 bits per heavy atom. The number of carboxylic acids is 1. The van der Waals surface area contributed by atoms with Gasteiger partial charge in [-0.25, -0.2) is 15.0 Å². The molecule has 11 heteroatoms. The van der Waals surface area contributed by atoms with Crippen molar-refractivity contribution in [2.24, 2.45) is 5.92 Å². The molecule has 0 amide bonds. The van der Waals surface area contributed by atoms with Gasteiger partial charge in [0.2, 0.25) is 5.95 Å². The smallest absolute Gasteiger partial charge is 0.433 e. The van der Waals surface area contributed by atoms with Crippen LogP contribution in [0.5, 0.6) is 0 Å². The van der Waals surface area contributed by atoms with E-state index in [9.17, 15) is 28.2 Å². The number of aryl methyl sites for hydroxylation is 1. The van der Waals surface area contributed by atoms with E-state index in [-0.39, 0.29) is 11.9 Å². The molecule has 41 heavy (non-hydrogen) atoms. The van der Waals surface area contributed by atoms with Crippen LogP contribution in [-0.4, -0.2) is 31.1 Å². The van der Waals surface area contributed by atoms with Gasteiger partial charge in [0.1, 0.15) is 16.3 Å². The lowest BCUT2D eigenvalue weighted by Gasteiger charge is -2.28. The molecule has 2 aromatic carbocycles. The van der Waals surface area contributed by atoms with Gasteiger partial charge in [-0.3, -0.25) is 4.79 Å². The third-order valence-electron chi connectivity index (χ3n) is 7.56. The Morgan fingerprint density at radius 2 is 1.93 bits per heavy atom. The number of thiazole rings is 1. The van der Waals surface area contributed by atoms with Gasteiger partial charge in [0.15, 0.2) is 0 Å². The van der Waals surface area contributed by atoms with Gasteiger partial charge in [-0.2, -0.15) is 13.2 Å². The standard InChI is InChI=1S/C30H29F3N4O3S/c1-17-12-21(15-23(13-17)36-28-34-11-9-25(37-28)30(31,32)33)24-16-35-27(41-24)29(40)10-3-4-22(29)14-19-5-7-20(8-6-19)18(2)26(38)39/h5-9,11-13,15-16,18,22,40H,3-4,10,14H2,1-2H3,(H,38,39)(H,34,36,37). The Balaban J connectivity index is 1.35. The molecule has 0 saturated heterocycles. The molecule has 1 saturated carbocycles. The summed E-state index contributed by atoms with van der Waals surface area (Å²) in [5.74, 6) is -1.66. The fraction of sp³-hybridized carbons (Fsp3) is 0.333. The average molecular weight is 583 g/mol. The Kier molecular flexibility index (Phi) is 7.85. The first-order valence-corrected chi connectivity index (χ1v) is 14.0. The van der Waals surface area contributed by atoms with E-state index < -0.39 is 29.4 Å². The molecule has 4 aromatic rings. The fourth-order valence-electron chi connectivity index (χ4n) is 5.29. The quantitative estimate of drug-likeness (QED) is 0.204. The summed E-state index contributed by atoms with van der Waals surface area (Å²) < 4.78 is 39.2. The van der Waals surface area contributed by atoms with Gasteiger partial charge in [-0.05, 0) is 85.9 Å². The molecule has 5 rings (SSSR count). The van der Waals surface area contributed by atoms with Crippen molar-refractivity contribution in [1.29, 1.82) is 0 Å². The number of halogens is 3. The molecule has 214 valence electrons. The molecular weight excluding hydrogens is 553 g/mol. The van der Waals surface area contributed by atoms with E-state index in [2.05, 4.69) is 20.3 Å². The van der Waals surface area contributed by atoms with E-state index in [0.29, 0.717) is 23.5 Å². The second-order valence-corrected chi connectivity index (χ2v) is 11.6. The number of aromatic nitrogens is 3. The summed E-state index contributed by atoms with van der Waals surface area (Å²) in [6.45, 7) is 3.53. The molecule has 3 atom stereocenters. The molecule has 3 N–H and O–H groups in total. The number of rotatable bonds is 8. The van der Waals surface area contributed by atoms with Gasteiger partial charge in [-0.15, -0.1) is 11.3 Å². The maximum absolute atomic E-state index is 13.1. The first-order valence-electron chi connectivity index (χ1n) is 13.2. The van der Waals surface area contributed by atoms with Crippen LogP contribution in [0.2, 0.25) is 0 Å². The number of hydrogen-bond acceptors (Lipinski definition) is 7. The van der Waals surface area contributed by atoms with Gasteiger partial charge in [0.05, 0.1) is 10.8 Å². The second kappa shape index (κ2) is 11.2. The molecule has 0 bridgehead atoms. The summed E-state index contributed by atoms with van der Waals surface area (Å²) in [6, 6.07) is 13.9. The lowest BCUT2D eigenvalue weighted by molar-refractivity contribution is -0.141. The normalized spacial score (nSPS) is 19.7. The highest BCUT2D eigenvalue weighted by Gasteiger charge is 2.44. The number of aliphatic hydroxyl groups is 1. The van der Waals surface area contributed by atoms with E-state index in [1.54, 1.807) is 25.3 Å². The van der Waals surface area contributed by atoms with Gasteiger partial charge >= 0.3 is 12.1 Å². The average Bonchev–Trinajstić information content (AvgIpc) is 3.56. The minimum Gasteiger partial charge on any atom is -0.481 e. The minimum absolute atomic E-state index is 0.0444. The molecule has 2 aromatic heterocycles. The number of nitrogens with one attached hydrogen (secondary N) is 1. The first-order chi connectivity index (χ1) is 19.4. The third-order valence-corrected chi connectivity index (χ3v) is 8.77. The molecule has 1 fully saturated rings. The summed E-state index contributed by atoms with van der Waals surface area (Å²) in [5.41, 5.74) is 1.87. The number of carboxylic acid groups (broad SMARTS) is 1. The zero-order valence-electron chi connectivity index (χ0n) is 22.4. The Hall–Kier alpha value is -3.83. The van der Waals surface area contributed by atoms with Crippen molar-refractivity contribution in [2.45, 2.75) is 57.2 Å². The van der Waals surface area contributed by atoms with Crippen molar-refractivity contribution in [3.8, 4) is 10.4 Å². The predicted molar refractivity (Wildman–Crippen MR) is 150 cm³/mol. The Labute approximate surface area is 239 Å². The SMILES string of the molecule is Cc1cc(Nc2nccc(C(F)(F)F)n2)cc(-c2cnc(C3(O)CCCC3Cc3ccc(C(C)C(=O)O)cc3)s2)c1. The molecule has 1 aliphatic rings. The zero-order chi connectivity index (χ0) is 29.4. The van der Waals surface area contributed by atoms with Crippen LogP contribution >= 0.6 is 11.3 Å². The van der Waals surface area contributed by atoms with Crippen molar-refractivity contribution in [3.05, 3.63) is 88.3 Å². The van der Waals surface area contributed by atoms with E-state index in [1.165, 1.54) is 11.3 Å². The lowest BCUT2D eigenvalue weighted by Crippen LogP contribution is -2.31. The fourth-order valence-corrected chi connectivity index (χ4v) is 6.39. The van der Waals surface area contributed by atoms with E-state index in [0.717, 1.165) is 52.2 Å². The van der Waals surface area contributed by atoms with Crippen LogP contribution in [0.25, 0.3) is 10.4 Å². The van der Waals surface area contributed by atoms with E-state index in [1.807, 2.05) is 37.3 Å². The van der Waals surface area contributed by atoms with Gasteiger partial charge in [0.25, 0.3) is 0 Å². The van der Waals surface area contributed by atoms with Crippen molar-refractivity contribution in [3.63, 3.8) is 0 Å². The van der Waals surface area contributed by atoms with Crippen LogP contribution in [-0.2, 0) is 23.0 Å². The highest BCUT2D eigenvalue weighted by atomic mass is 32.1. The summed E-state index contributed by atoms with van der Waals surface area (Å²) >= 11 is 1.40. The van der Waals surface area contributed by atoms with Crippen LogP contribution in [0.1, 0.15) is 59.5 Å². The van der Waals surface area contributed by atoms with Crippen LogP contribution in [0.3, 0.4) is 0 Å². The van der Waals surface area contributed by atoms with Crippen molar-refractivity contribution in [2.75, 3.05) is 5.32 Å². The second-order valence-electron chi connectivity index (χ2n) is 10.5. The van der Waals surface area contributed by atoms with Crippen LogP contribution in [0, 0.1) is 12.8 Å². The monoisotopic (exact) mass is 582 g/mol. The molecule has 1 aliphatic carbocycles. The number of nitrogens with zero attached hydrogens (tertiary/aromatic N) is 3. The molecule has 7 nitrogen and oxygen atoms in total. The Bertz CT molecular complexity index is 1560. The van der Waals surface area contributed by atoms with E-state index >= 15 is 0 Å². The van der Waals surface area contributed by atoms with Crippen molar-refractivity contribution in [1.82, 2.24) is 15.0 Å². The van der Waals surface area contributed by atoms with Gasteiger partial charge in [0, 0.05) is 18.1 Å². The summed E-state index contributed by atoms with van der Waals surface area (Å²) in [5, 5.41) is 24.6. The van der Waals surface area contributed by atoms with Crippen LogP contribution in [0.4, 0.5) is 24.8 Å². The molecule has 0 spiro atoms. The number of alkyl halides is 3. The largest absolute Gasteiger partial charge is 0.481 e. The molecule has 0 radical (unpaired) electrons. The third kappa shape index (κ3) is 6.25. The minimum atomic E-state index is -4.57. The summed E-state index contributed by atoms with van der Waals surface area (Å²) in [4.78, 5) is 24.2. The van der Waals surface area contributed by atoms with E-state index in [4.69, 9.17) is 0 Å². The highest BCUT2D eigenvalue weighted by molar-refractivity contribution is 7.15. The summed E-state index contributed by atoms with van der Waals surface area (Å²) in [7, 11) is 0. The van der Waals surface area contributed by atoms with Crippen molar-refractivity contribution >= 4 is 28.9 Å². The number of carbonyl (C=O) groups is 1. The maximum Gasteiger partial charge on any atom is 0.433 e. The molecule has 0 aliphatic heterocycles. The zero-order valence-corrected chi connectivity index (χ0v) is 23.3. The lowest BCUT2D eigenvalue weighted by atomic mass is 9.85. The van der Waals surface area contributed by atoms with Crippen molar-refractivity contribution < 1.29 is 28.2 Å². The maximum atomic E-state index is 13.1. The molecule has 2 heterocycles. The summed E-state index contributed by atoms with van der Waals surface area (Å²) in [6.07, 6.45) is 1.14. The van der Waals surface area contributed by atoms with Crippen LogP contribution in [0.15, 0.2) is 60.9 Å². The highest BCUT2D eigenvalue weighted by Crippen LogP contribution is 2.47. The first kappa shape index (κ1) is 28.7.